The molecule has 240 valence electrons. The van der Waals surface area contributed by atoms with Crippen molar-refractivity contribution in [2.45, 2.75) is 112 Å². The van der Waals surface area contributed by atoms with Crippen LogP contribution in [0.2, 0.25) is 0 Å². The van der Waals surface area contributed by atoms with Crippen LogP contribution >= 0.6 is 0 Å². The minimum atomic E-state index is -0.231. The van der Waals surface area contributed by atoms with Gasteiger partial charge in [0.1, 0.15) is 0 Å². The molecule has 0 bridgehead atoms. The highest BCUT2D eigenvalue weighted by molar-refractivity contribution is 6.13. The van der Waals surface area contributed by atoms with Crippen molar-refractivity contribution in [1.82, 2.24) is 0 Å². The summed E-state index contributed by atoms with van der Waals surface area (Å²) in [6.45, 7) is 29.1. The Morgan fingerprint density at radius 1 is 0.617 bits per heavy atom. The zero-order valence-corrected chi connectivity index (χ0v) is 30.8. The quantitative estimate of drug-likeness (QED) is 0.200. The molecule has 0 heterocycles. The second kappa shape index (κ2) is 9.28. The maximum atomic E-state index is 2.71. The number of benzene rings is 4. The first-order chi connectivity index (χ1) is 21.9. The molecule has 47 heavy (non-hydrogen) atoms. The molecule has 0 amide bonds. The summed E-state index contributed by atoms with van der Waals surface area (Å²) < 4.78 is 0. The smallest absolute Gasteiger partial charge is 0.0443 e. The zero-order chi connectivity index (χ0) is 33.6. The zero-order valence-electron chi connectivity index (χ0n) is 30.8. The summed E-state index contributed by atoms with van der Waals surface area (Å²) in [5, 5.41) is 2.85. The van der Waals surface area contributed by atoms with Crippen LogP contribution in [0.15, 0.2) is 90.0 Å². The molecule has 1 unspecified atom stereocenters. The van der Waals surface area contributed by atoms with Crippen LogP contribution < -0.4 is 0 Å². The van der Waals surface area contributed by atoms with E-state index in [4.69, 9.17) is 0 Å². The monoisotopic (exact) mass is 616 g/mol. The molecular weight excluding hydrogens is 565 g/mol. The number of allylic oxidation sites excluding steroid dienone is 6. The van der Waals surface area contributed by atoms with Crippen molar-refractivity contribution in [3.63, 3.8) is 0 Å². The van der Waals surface area contributed by atoms with Gasteiger partial charge in [-0.2, -0.15) is 0 Å². The Morgan fingerprint density at radius 2 is 1.26 bits per heavy atom. The summed E-state index contributed by atoms with van der Waals surface area (Å²) in [5.41, 5.74) is 19.2. The van der Waals surface area contributed by atoms with Crippen LogP contribution in [0.25, 0.3) is 33.0 Å². The van der Waals surface area contributed by atoms with Crippen molar-refractivity contribution < 1.29 is 0 Å². The van der Waals surface area contributed by atoms with E-state index in [9.17, 15) is 0 Å². The predicted molar refractivity (Wildman–Crippen MR) is 203 cm³/mol. The maximum Gasteiger partial charge on any atom is 0.0443 e. The average Bonchev–Trinajstić information content (AvgIpc) is 3.51. The Balaban J connectivity index is 1.53. The fraction of sp³-hybridized carbons (Fsp3) is 0.404. The van der Waals surface area contributed by atoms with Gasteiger partial charge in [-0.05, 0) is 107 Å². The highest BCUT2D eigenvalue weighted by Crippen LogP contribution is 2.68. The first kappa shape index (κ1) is 30.7. The van der Waals surface area contributed by atoms with E-state index in [0.717, 1.165) is 6.42 Å². The van der Waals surface area contributed by atoms with Crippen molar-refractivity contribution in [3.05, 3.63) is 129 Å². The average molecular weight is 617 g/mol. The molecule has 0 radical (unpaired) electrons. The molecule has 0 heteroatoms. The van der Waals surface area contributed by atoms with Gasteiger partial charge in [-0.15, -0.1) is 0 Å². The Hall–Kier alpha value is -3.64. The Labute approximate surface area is 283 Å². The van der Waals surface area contributed by atoms with Gasteiger partial charge >= 0.3 is 0 Å². The van der Waals surface area contributed by atoms with E-state index in [1.54, 1.807) is 22.3 Å². The van der Waals surface area contributed by atoms with Gasteiger partial charge < -0.3 is 0 Å². The molecule has 0 nitrogen and oxygen atoms in total. The van der Waals surface area contributed by atoms with E-state index < -0.39 is 0 Å². The summed E-state index contributed by atoms with van der Waals surface area (Å²) in [7, 11) is 0. The number of fused-ring (bicyclic) bond motifs is 12. The Morgan fingerprint density at radius 3 is 1.91 bits per heavy atom. The fourth-order valence-corrected chi connectivity index (χ4v) is 10.0. The lowest BCUT2D eigenvalue weighted by Crippen LogP contribution is -2.32. The van der Waals surface area contributed by atoms with E-state index in [2.05, 4.69) is 162 Å². The van der Waals surface area contributed by atoms with Crippen molar-refractivity contribution in [1.29, 1.82) is 0 Å². The Kier molecular flexibility index (Phi) is 6.06. The summed E-state index contributed by atoms with van der Waals surface area (Å²) in [5.74, 6) is 0.431. The lowest BCUT2D eigenvalue weighted by molar-refractivity contribution is 0.432. The third-order valence-electron chi connectivity index (χ3n) is 12.4. The largest absolute Gasteiger partial charge is 0.0655 e. The minimum Gasteiger partial charge on any atom is -0.0655 e. The van der Waals surface area contributed by atoms with E-state index >= 15 is 0 Å². The molecule has 4 aliphatic carbocycles. The van der Waals surface area contributed by atoms with Crippen LogP contribution in [0, 0.1) is 10.8 Å². The molecule has 0 aromatic heterocycles. The molecule has 1 atom stereocenters. The van der Waals surface area contributed by atoms with Crippen LogP contribution in [0.5, 0.6) is 0 Å². The van der Waals surface area contributed by atoms with Crippen LogP contribution in [-0.2, 0) is 16.2 Å². The Bertz CT molecular complexity index is 2140. The minimum absolute atomic E-state index is 0.0347. The molecule has 4 aliphatic rings. The highest BCUT2D eigenvalue weighted by atomic mass is 14.6. The van der Waals surface area contributed by atoms with E-state index in [1.807, 2.05) is 0 Å². The van der Waals surface area contributed by atoms with Gasteiger partial charge in [-0.1, -0.05) is 161 Å². The fourth-order valence-electron chi connectivity index (χ4n) is 10.0. The van der Waals surface area contributed by atoms with Gasteiger partial charge in [-0.25, -0.2) is 0 Å². The SMILES string of the molecule is CC(C)c1cc2c(c3ccccc13)C1(C=C(C(C)(C)C)C=C(C(C)(C)C)C1)c1ccc3c(c1-2)C(C)(C)C1=C3C(C)(C)c2ccccc21. The van der Waals surface area contributed by atoms with Crippen LogP contribution in [0.4, 0.5) is 0 Å². The van der Waals surface area contributed by atoms with Crippen molar-refractivity contribution in [2.75, 3.05) is 0 Å². The third-order valence-corrected chi connectivity index (χ3v) is 12.4. The van der Waals surface area contributed by atoms with Gasteiger partial charge in [0.2, 0.25) is 0 Å². The standard InChI is InChI=1S/C47H52/c1-27(2)34-24-35-38-37(22-21-33-40(38)46(11,12)41-32-19-15-16-20-36(32)45(9,10)42(33)41)47(39(35)31-18-14-13-17-30(31)34)25-28(43(3,4)5)23-29(26-47)44(6,7)8/h13-25,27H,26H2,1-12H3. The molecule has 4 aromatic carbocycles. The number of rotatable bonds is 1. The van der Waals surface area contributed by atoms with Crippen molar-refractivity contribution >= 4 is 21.9 Å². The maximum absolute atomic E-state index is 2.71. The first-order valence-electron chi connectivity index (χ1n) is 17.9. The molecule has 0 saturated heterocycles. The van der Waals surface area contributed by atoms with Crippen LogP contribution in [0.1, 0.15) is 134 Å². The van der Waals surface area contributed by atoms with Crippen molar-refractivity contribution in [2.24, 2.45) is 10.8 Å². The molecule has 0 fully saturated rings. The topological polar surface area (TPSA) is 0 Å². The second-order valence-corrected chi connectivity index (χ2v) is 18.5. The summed E-state index contributed by atoms with van der Waals surface area (Å²) in [4.78, 5) is 0. The summed E-state index contributed by atoms with van der Waals surface area (Å²) >= 11 is 0. The van der Waals surface area contributed by atoms with E-state index in [-0.39, 0.29) is 27.1 Å². The molecule has 0 N–H and O–H groups in total. The lowest BCUT2D eigenvalue weighted by Gasteiger charge is -2.41. The van der Waals surface area contributed by atoms with E-state index in [0.29, 0.717) is 5.92 Å². The first-order valence-corrected chi connectivity index (χ1v) is 17.9. The molecule has 8 rings (SSSR count). The number of hydrogen-bond donors (Lipinski definition) is 0. The number of hydrogen-bond acceptors (Lipinski definition) is 0. The van der Waals surface area contributed by atoms with Crippen molar-refractivity contribution in [3.8, 4) is 11.1 Å². The van der Waals surface area contributed by atoms with E-state index in [1.165, 1.54) is 60.9 Å². The molecule has 4 aromatic rings. The van der Waals surface area contributed by atoms with Gasteiger partial charge in [0.05, 0.1) is 0 Å². The van der Waals surface area contributed by atoms with Gasteiger partial charge in [0, 0.05) is 16.2 Å². The predicted octanol–water partition coefficient (Wildman–Crippen LogP) is 13.1. The van der Waals surface area contributed by atoms with Crippen LogP contribution in [0.3, 0.4) is 0 Å². The third kappa shape index (κ3) is 3.88. The normalized spacial score (nSPS) is 21.9. The van der Waals surface area contributed by atoms with Gasteiger partial charge in [-0.3, -0.25) is 0 Å². The van der Waals surface area contributed by atoms with Gasteiger partial charge in [0.15, 0.2) is 0 Å². The van der Waals surface area contributed by atoms with Gasteiger partial charge in [0.25, 0.3) is 0 Å². The summed E-state index contributed by atoms with van der Waals surface area (Å²) in [6, 6.07) is 26.2. The molecule has 0 saturated carbocycles. The molecule has 1 spiro atoms. The summed E-state index contributed by atoms with van der Waals surface area (Å²) in [6.07, 6.45) is 6.28. The highest BCUT2D eigenvalue weighted by Gasteiger charge is 2.55. The van der Waals surface area contributed by atoms with Crippen LogP contribution in [-0.4, -0.2) is 0 Å². The second-order valence-electron chi connectivity index (χ2n) is 18.5. The molecule has 0 aliphatic heterocycles. The molecular formula is C47H52. The lowest BCUT2D eigenvalue weighted by atomic mass is 9.62.